The van der Waals surface area contributed by atoms with Crippen LogP contribution in [0.5, 0.6) is 5.88 Å². The normalized spacial score (nSPS) is 10.3. The largest absolute Gasteiger partial charge is 0.493 e. The van der Waals surface area contributed by atoms with E-state index in [1.54, 1.807) is 18.2 Å². The van der Waals surface area contributed by atoms with E-state index in [1.807, 2.05) is 0 Å². The van der Waals surface area contributed by atoms with E-state index in [2.05, 4.69) is 9.97 Å². The molecule has 2 aromatic rings. The van der Waals surface area contributed by atoms with Crippen LogP contribution in [0.3, 0.4) is 0 Å². The number of hydrogen-bond acceptors (Lipinski definition) is 4. The summed E-state index contributed by atoms with van der Waals surface area (Å²) in [6.45, 7) is 0. The number of nitrogens with two attached hydrogens (primary N) is 1. The number of halogens is 1. The molecule has 0 aliphatic carbocycles. The summed E-state index contributed by atoms with van der Waals surface area (Å²) in [6.07, 6.45) is 0. The van der Waals surface area contributed by atoms with Crippen molar-refractivity contribution in [3.8, 4) is 17.3 Å². The van der Waals surface area contributed by atoms with Crippen LogP contribution in [0.2, 0.25) is 5.02 Å². The number of rotatable bonds is 1. The highest BCUT2D eigenvalue weighted by molar-refractivity contribution is 6.33. The molecule has 4 N–H and O–H groups in total. The van der Waals surface area contributed by atoms with E-state index in [0.29, 0.717) is 16.3 Å². The number of nitrogen functional groups attached to an aromatic ring is 1. The third-order valence-corrected chi connectivity index (χ3v) is 2.29. The lowest BCUT2D eigenvalue weighted by Gasteiger charge is -2.04. The average molecular weight is 238 g/mol. The van der Waals surface area contributed by atoms with Gasteiger partial charge in [0.15, 0.2) is 0 Å². The first-order chi connectivity index (χ1) is 7.56. The minimum atomic E-state index is -0.449. The summed E-state index contributed by atoms with van der Waals surface area (Å²) in [6, 6.07) is 5.77. The van der Waals surface area contributed by atoms with Crippen molar-refractivity contribution < 1.29 is 5.11 Å². The van der Waals surface area contributed by atoms with E-state index in [-0.39, 0.29) is 11.7 Å². The van der Waals surface area contributed by atoms with Gasteiger partial charge in [0.25, 0.3) is 5.56 Å². The van der Waals surface area contributed by atoms with Crippen LogP contribution >= 0.6 is 11.6 Å². The molecule has 2 rings (SSSR count). The van der Waals surface area contributed by atoms with Crippen molar-refractivity contribution in [1.82, 2.24) is 9.97 Å². The maximum Gasteiger partial charge on any atom is 0.254 e. The SMILES string of the molecule is Nc1ccc(-c2nc(O)cc(=O)[nH]2)c(Cl)c1. The second-order valence-electron chi connectivity index (χ2n) is 3.19. The van der Waals surface area contributed by atoms with Crippen LogP contribution in [-0.2, 0) is 0 Å². The molecule has 0 fully saturated rings. The van der Waals surface area contributed by atoms with Gasteiger partial charge < -0.3 is 15.8 Å². The molecule has 0 spiro atoms. The van der Waals surface area contributed by atoms with Crippen LogP contribution in [0.4, 0.5) is 5.69 Å². The minimum Gasteiger partial charge on any atom is -0.493 e. The lowest BCUT2D eigenvalue weighted by atomic mass is 10.2. The van der Waals surface area contributed by atoms with E-state index < -0.39 is 5.56 Å². The Kier molecular flexibility index (Phi) is 2.54. The summed E-state index contributed by atoms with van der Waals surface area (Å²) in [5.74, 6) is -0.151. The highest BCUT2D eigenvalue weighted by atomic mass is 35.5. The summed E-state index contributed by atoms with van der Waals surface area (Å²) in [5.41, 5.74) is 6.10. The van der Waals surface area contributed by atoms with E-state index in [4.69, 9.17) is 17.3 Å². The molecule has 1 heterocycles. The molecule has 1 aromatic carbocycles. The molecule has 5 nitrogen and oxygen atoms in total. The summed E-state index contributed by atoms with van der Waals surface area (Å²) in [7, 11) is 0. The lowest BCUT2D eigenvalue weighted by molar-refractivity contribution is 0.452. The molecule has 16 heavy (non-hydrogen) atoms. The van der Waals surface area contributed by atoms with Gasteiger partial charge in [-0.15, -0.1) is 0 Å². The van der Waals surface area contributed by atoms with Crippen molar-refractivity contribution in [3.63, 3.8) is 0 Å². The molecule has 0 bridgehead atoms. The third kappa shape index (κ3) is 1.99. The van der Waals surface area contributed by atoms with Gasteiger partial charge in [-0.25, -0.2) is 0 Å². The summed E-state index contributed by atoms with van der Waals surface area (Å²) in [5, 5.41) is 9.56. The molecule has 0 radical (unpaired) electrons. The summed E-state index contributed by atoms with van der Waals surface area (Å²) >= 11 is 5.95. The topological polar surface area (TPSA) is 92.0 Å². The molecule has 1 aromatic heterocycles. The molecule has 0 aliphatic rings. The second kappa shape index (κ2) is 3.86. The van der Waals surface area contributed by atoms with Crippen molar-refractivity contribution >= 4 is 17.3 Å². The Labute approximate surface area is 95.5 Å². The minimum absolute atomic E-state index is 0.204. The van der Waals surface area contributed by atoms with Gasteiger partial charge in [0, 0.05) is 11.3 Å². The van der Waals surface area contributed by atoms with Crippen molar-refractivity contribution in [2.45, 2.75) is 0 Å². The molecular formula is C10H8ClN3O2. The predicted octanol–water partition coefficient (Wildman–Crippen LogP) is 1.38. The van der Waals surface area contributed by atoms with Gasteiger partial charge in [0.2, 0.25) is 5.88 Å². The van der Waals surface area contributed by atoms with Crippen molar-refractivity contribution in [1.29, 1.82) is 0 Å². The molecular weight excluding hydrogens is 230 g/mol. The Hall–Kier alpha value is -2.01. The second-order valence-corrected chi connectivity index (χ2v) is 3.60. The maximum absolute atomic E-state index is 11.1. The zero-order chi connectivity index (χ0) is 11.7. The first kappa shape index (κ1) is 10.5. The third-order valence-electron chi connectivity index (χ3n) is 1.98. The van der Waals surface area contributed by atoms with Gasteiger partial charge in [0.05, 0.1) is 11.1 Å². The Balaban J connectivity index is 2.63. The molecule has 0 saturated heterocycles. The Bertz CT molecular complexity index is 595. The van der Waals surface area contributed by atoms with Crippen LogP contribution in [0.15, 0.2) is 29.1 Å². The van der Waals surface area contributed by atoms with E-state index in [9.17, 15) is 9.90 Å². The van der Waals surface area contributed by atoms with Gasteiger partial charge in [-0.3, -0.25) is 4.79 Å². The Morgan fingerprint density at radius 1 is 1.38 bits per heavy atom. The van der Waals surface area contributed by atoms with Crippen LogP contribution < -0.4 is 11.3 Å². The monoisotopic (exact) mass is 237 g/mol. The van der Waals surface area contributed by atoms with Crippen LogP contribution in [0.25, 0.3) is 11.4 Å². The van der Waals surface area contributed by atoms with Crippen molar-refractivity contribution in [3.05, 3.63) is 39.6 Å². The number of aromatic amines is 1. The van der Waals surface area contributed by atoms with E-state index >= 15 is 0 Å². The van der Waals surface area contributed by atoms with Gasteiger partial charge in [0.1, 0.15) is 5.82 Å². The smallest absolute Gasteiger partial charge is 0.254 e. The molecule has 0 aliphatic heterocycles. The quantitative estimate of drug-likeness (QED) is 0.654. The zero-order valence-electron chi connectivity index (χ0n) is 8.07. The fourth-order valence-electron chi connectivity index (χ4n) is 1.30. The maximum atomic E-state index is 11.1. The number of nitrogens with one attached hydrogen (secondary N) is 1. The first-order valence-corrected chi connectivity index (χ1v) is 4.80. The number of aromatic hydroxyl groups is 1. The van der Waals surface area contributed by atoms with Crippen LogP contribution in [0.1, 0.15) is 0 Å². The van der Waals surface area contributed by atoms with Crippen LogP contribution in [-0.4, -0.2) is 15.1 Å². The van der Waals surface area contributed by atoms with Gasteiger partial charge in [-0.2, -0.15) is 4.98 Å². The highest BCUT2D eigenvalue weighted by Crippen LogP contribution is 2.26. The molecule has 0 amide bonds. The van der Waals surface area contributed by atoms with Gasteiger partial charge in [-0.05, 0) is 18.2 Å². The molecule has 82 valence electrons. The van der Waals surface area contributed by atoms with Crippen LogP contribution in [0, 0.1) is 0 Å². The first-order valence-electron chi connectivity index (χ1n) is 4.42. The highest BCUT2D eigenvalue weighted by Gasteiger charge is 2.07. The molecule has 6 heteroatoms. The summed E-state index contributed by atoms with van der Waals surface area (Å²) in [4.78, 5) is 17.4. The predicted molar refractivity (Wildman–Crippen MR) is 61.4 cm³/mol. The number of nitrogens with zero attached hydrogens (tertiary/aromatic N) is 1. The Morgan fingerprint density at radius 2 is 2.12 bits per heavy atom. The number of benzene rings is 1. The molecule has 0 unspecified atom stereocenters. The Morgan fingerprint density at radius 3 is 2.75 bits per heavy atom. The van der Waals surface area contributed by atoms with E-state index in [0.717, 1.165) is 6.07 Å². The lowest BCUT2D eigenvalue weighted by Crippen LogP contribution is -2.06. The van der Waals surface area contributed by atoms with Gasteiger partial charge >= 0.3 is 0 Å². The zero-order valence-corrected chi connectivity index (χ0v) is 8.82. The molecule has 0 atom stereocenters. The number of anilines is 1. The fraction of sp³-hybridized carbons (Fsp3) is 0. The van der Waals surface area contributed by atoms with Crippen molar-refractivity contribution in [2.75, 3.05) is 5.73 Å². The number of aromatic nitrogens is 2. The standard InChI is InChI=1S/C10H8ClN3O2/c11-7-3-5(12)1-2-6(7)10-13-8(15)4-9(16)14-10/h1-4H,12H2,(H2,13,14,15,16). The molecule has 0 saturated carbocycles. The fourth-order valence-corrected chi connectivity index (χ4v) is 1.57. The van der Waals surface area contributed by atoms with Gasteiger partial charge in [-0.1, -0.05) is 11.6 Å². The average Bonchev–Trinajstić information content (AvgIpc) is 2.15. The number of hydrogen-bond donors (Lipinski definition) is 3. The van der Waals surface area contributed by atoms with E-state index in [1.165, 1.54) is 0 Å². The number of H-pyrrole nitrogens is 1. The summed E-state index contributed by atoms with van der Waals surface area (Å²) < 4.78 is 0. The van der Waals surface area contributed by atoms with Crippen molar-refractivity contribution in [2.24, 2.45) is 0 Å².